The van der Waals surface area contributed by atoms with Crippen molar-refractivity contribution in [2.75, 3.05) is 6.61 Å². The zero-order valence-corrected chi connectivity index (χ0v) is 9.19. The van der Waals surface area contributed by atoms with Gasteiger partial charge in [0.15, 0.2) is 0 Å². The molecule has 0 N–H and O–H groups in total. The second-order valence-corrected chi connectivity index (χ2v) is 3.80. The van der Waals surface area contributed by atoms with E-state index in [1.165, 1.54) is 0 Å². The fourth-order valence-electron chi connectivity index (χ4n) is 0.677. The molecule has 0 atom stereocenters. The van der Waals surface area contributed by atoms with Gasteiger partial charge in [0.2, 0.25) is 0 Å². The van der Waals surface area contributed by atoms with E-state index in [0.717, 1.165) is 17.3 Å². The minimum atomic E-state index is -0.109. The van der Waals surface area contributed by atoms with Crippen molar-refractivity contribution in [2.24, 2.45) is 0 Å². The molecule has 0 aromatic rings. The van der Waals surface area contributed by atoms with Crippen LogP contribution in [0.2, 0.25) is 0 Å². The molecule has 0 bridgehead atoms. The van der Waals surface area contributed by atoms with Gasteiger partial charge in [-0.3, -0.25) is 4.79 Å². The third-order valence-electron chi connectivity index (χ3n) is 1.24. The predicted octanol–water partition coefficient (Wildman–Crippen LogP) is 3.02. The first-order chi connectivity index (χ1) is 5.66. The van der Waals surface area contributed by atoms with Crippen molar-refractivity contribution < 1.29 is 9.53 Å². The Morgan fingerprint density at radius 3 is 2.75 bits per heavy atom. The number of ether oxygens (including phenoxy) is 1. The highest BCUT2D eigenvalue weighted by Gasteiger charge is 1.99. The molecule has 0 aliphatic rings. The zero-order chi connectivity index (χ0) is 9.40. The Morgan fingerprint density at radius 2 is 2.25 bits per heavy atom. The van der Waals surface area contributed by atoms with Crippen molar-refractivity contribution in [1.82, 2.24) is 0 Å². The minimum absolute atomic E-state index is 0.109. The number of esters is 1. The summed E-state index contributed by atoms with van der Waals surface area (Å²) in [5, 5.41) is 0. The normalized spacial score (nSPS) is 11.4. The van der Waals surface area contributed by atoms with Gasteiger partial charge < -0.3 is 4.74 Å². The smallest absolute Gasteiger partial charge is 0.306 e. The third-order valence-corrected chi connectivity index (χ3v) is 1.56. The molecule has 0 aromatic carbocycles. The van der Waals surface area contributed by atoms with E-state index in [-0.39, 0.29) is 5.97 Å². The van der Waals surface area contributed by atoms with Gasteiger partial charge in [-0.25, -0.2) is 0 Å². The fraction of sp³-hybridized carbons (Fsp3) is 0.667. The van der Waals surface area contributed by atoms with E-state index in [1.807, 2.05) is 19.9 Å². The summed E-state index contributed by atoms with van der Waals surface area (Å²) < 4.78 is 5.95. The zero-order valence-electron chi connectivity index (χ0n) is 7.60. The molecule has 0 radical (unpaired) electrons. The van der Waals surface area contributed by atoms with Gasteiger partial charge in [-0.2, -0.15) is 0 Å². The number of rotatable bonds is 5. The standard InChI is InChI=1S/C9H15BrO2/c1-3-7-12-9(11)6-4-5-8(2)10/h5H,3-4,6-7H2,1-2H3. The highest BCUT2D eigenvalue weighted by Crippen LogP contribution is 2.05. The largest absolute Gasteiger partial charge is 0.466 e. The number of carbonyl (C=O) groups is 1. The number of allylic oxidation sites excluding steroid dienone is 2. The molecule has 0 aromatic heterocycles. The van der Waals surface area contributed by atoms with E-state index in [4.69, 9.17) is 4.74 Å². The molecule has 0 unspecified atom stereocenters. The summed E-state index contributed by atoms with van der Waals surface area (Å²) in [6.07, 6.45) is 4.08. The van der Waals surface area contributed by atoms with Gasteiger partial charge in [-0.05, 0) is 24.2 Å². The maximum atomic E-state index is 10.9. The van der Waals surface area contributed by atoms with Gasteiger partial charge in [0.05, 0.1) is 6.61 Å². The van der Waals surface area contributed by atoms with Crippen molar-refractivity contribution in [3.05, 3.63) is 10.6 Å². The van der Waals surface area contributed by atoms with Crippen molar-refractivity contribution in [3.8, 4) is 0 Å². The van der Waals surface area contributed by atoms with Gasteiger partial charge in [-0.15, -0.1) is 0 Å². The Morgan fingerprint density at radius 1 is 1.58 bits per heavy atom. The van der Waals surface area contributed by atoms with Crippen LogP contribution in [-0.2, 0) is 9.53 Å². The third kappa shape index (κ3) is 7.79. The van der Waals surface area contributed by atoms with Gasteiger partial charge in [0.1, 0.15) is 0 Å². The Kier molecular flexibility index (Phi) is 7.16. The summed E-state index contributed by atoms with van der Waals surface area (Å²) in [6.45, 7) is 4.46. The van der Waals surface area contributed by atoms with Gasteiger partial charge in [0.25, 0.3) is 0 Å². The van der Waals surface area contributed by atoms with E-state index in [0.29, 0.717) is 13.0 Å². The van der Waals surface area contributed by atoms with Crippen LogP contribution < -0.4 is 0 Å². The molecule has 3 heteroatoms. The molecule has 0 saturated heterocycles. The van der Waals surface area contributed by atoms with Crippen LogP contribution in [0.25, 0.3) is 0 Å². The summed E-state index contributed by atoms with van der Waals surface area (Å²) in [5.41, 5.74) is 0. The highest BCUT2D eigenvalue weighted by atomic mass is 79.9. The first-order valence-electron chi connectivity index (χ1n) is 4.14. The van der Waals surface area contributed by atoms with Gasteiger partial charge in [0, 0.05) is 6.42 Å². The fourth-order valence-corrected chi connectivity index (χ4v) is 0.906. The molecular formula is C9H15BrO2. The Balaban J connectivity index is 3.38. The predicted molar refractivity (Wildman–Crippen MR) is 53.2 cm³/mol. The molecular weight excluding hydrogens is 220 g/mol. The number of carbonyl (C=O) groups excluding carboxylic acids is 1. The summed E-state index contributed by atoms with van der Waals surface area (Å²) >= 11 is 3.29. The molecule has 0 heterocycles. The molecule has 70 valence electrons. The summed E-state index contributed by atoms with van der Waals surface area (Å²) in [6, 6.07) is 0. The molecule has 0 aliphatic heterocycles. The van der Waals surface area contributed by atoms with Crippen LogP contribution in [0.15, 0.2) is 10.6 Å². The summed E-state index contributed by atoms with van der Waals surface area (Å²) in [5.74, 6) is -0.109. The summed E-state index contributed by atoms with van der Waals surface area (Å²) in [7, 11) is 0. The van der Waals surface area contributed by atoms with E-state index in [9.17, 15) is 4.79 Å². The second-order valence-electron chi connectivity index (χ2n) is 2.55. The van der Waals surface area contributed by atoms with Crippen molar-refractivity contribution in [2.45, 2.75) is 33.1 Å². The molecule has 12 heavy (non-hydrogen) atoms. The van der Waals surface area contributed by atoms with Crippen LogP contribution in [0.1, 0.15) is 33.1 Å². The van der Waals surface area contributed by atoms with Gasteiger partial charge >= 0.3 is 5.97 Å². The quantitative estimate of drug-likeness (QED) is 0.684. The Hall–Kier alpha value is -0.310. The Labute approximate surface area is 82.1 Å². The molecule has 0 fully saturated rings. The molecule has 0 spiro atoms. The average molecular weight is 235 g/mol. The molecule has 0 aliphatic carbocycles. The molecule has 0 rings (SSSR count). The highest BCUT2D eigenvalue weighted by molar-refractivity contribution is 9.11. The van der Waals surface area contributed by atoms with E-state index < -0.39 is 0 Å². The van der Waals surface area contributed by atoms with Crippen LogP contribution in [-0.4, -0.2) is 12.6 Å². The lowest BCUT2D eigenvalue weighted by atomic mass is 10.3. The minimum Gasteiger partial charge on any atom is -0.466 e. The van der Waals surface area contributed by atoms with Crippen LogP contribution in [0, 0.1) is 0 Å². The lowest BCUT2D eigenvalue weighted by Crippen LogP contribution is -2.04. The first-order valence-corrected chi connectivity index (χ1v) is 4.94. The van der Waals surface area contributed by atoms with Crippen molar-refractivity contribution in [1.29, 1.82) is 0 Å². The van der Waals surface area contributed by atoms with Gasteiger partial charge in [-0.1, -0.05) is 28.9 Å². The topological polar surface area (TPSA) is 26.3 Å². The lowest BCUT2D eigenvalue weighted by molar-refractivity contribution is -0.143. The van der Waals surface area contributed by atoms with Crippen LogP contribution >= 0.6 is 15.9 Å². The lowest BCUT2D eigenvalue weighted by Gasteiger charge is -2.00. The van der Waals surface area contributed by atoms with Crippen LogP contribution in [0.4, 0.5) is 0 Å². The molecule has 0 amide bonds. The summed E-state index contributed by atoms with van der Waals surface area (Å²) in [4.78, 5) is 10.9. The first kappa shape index (κ1) is 11.7. The number of hydrogen-bond acceptors (Lipinski definition) is 2. The van der Waals surface area contributed by atoms with Crippen molar-refractivity contribution in [3.63, 3.8) is 0 Å². The SMILES string of the molecule is CCCOC(=O)CCC=C(C)Br. The maximum Gasteiger partial charge on any atom is 0.306 e. The maximum absolute atomic E-state index is 10.9. The second kappa shape index (κ2) is 7.35. The van der Waals surface area contributed by atoms with E-state index in [2.05, 4.69) is 15.9 Å². The number of hydrogen-bond donors (Lipinski definition) is 0. The molecule has 0 saturated carbocycles. The van der Waals surface area contributed by atoms with E-state index in [1.54, 1.807) is 0 Å². The van der Waals surface area contributed by atoms with Crippen LogP contribution in [0.3, 0.4) is 0 Å². The van der Waals surface area contributed by atoms with E-state index >= 15 is 0 Å². The van der Waals surface area contributed by atoms with Crippen LogP contribution in [0.5, 0.6) is 0 Å². The van der Waals surface area contributed by atoms with Crippen molar-refractivity contribution >= 4 is 21.9 Å². The molecule has 2 nitrogen and oxygen atoms in total. The average Bonchev–Trinajstić information content (AvgIpc) is 2.00. The number of halogens is 1. The Bertz CT molecular complexity index is 160. The monoisotopic (exact) mass is 234 g/mol.